The van der Waals surface area contributed by atoms with Crippen molar-refractivity contribution in [2.75, 3.05) is 49.7 Å². The van der Waals surface area contributed by atoms with Crippen LogP contribution in [-0.4, -0.2) is 78.1 Å². The molecular formula is C33H47N5O5. The first-order valence-electron chi connectivity index (χ1n) is 15.5. The van der Waals surface area contributed by atoms with E-state index in [-0.39, 0.29) is 42.4 Å². The normalized spacial score (nSPS) is 19.2. The van der Waals surface area contributed by atoms with E-state index in [2.05, 4.69) is 29.5 Å². The molecule has 0 bridgehead atoms. The number of para-hydroxylation sites is 2. The van der Waals surface area contributed by atoms with E-state index in [1.54, 1.807) is 35.2 Å². The maximum absolute atomic E-state index is 13.7. The highest BCUT2D eigenvalue weighted by atomic mass is 16.5. The second-order valence-corrected chi connectivity index (χ2v) is 12.2. The van der Waals surface area contributed by atoms with Gasteiger partial charge in [0.15, 0.2) is 0 Å². The van der Waals surface area contributed by atoms with Crippen molar-refractivity contribution >= 4 is 34.8 Å². The molecular weight excluding hydrogens is 546 g/mol. The van der Waals surface area contributed by atoms with Crippen molar-refractivity contribution in [3.05, 3.63) is 48.0 Å². The Morgan fingerprint density at radius 2 is 1.77 bits per heavy atom. The minimum atomic E-state index is -0.351. The first-order valence-corrected chi connectivity index (χ1v) is 15.5. The molecule has 4 rings (SSSR count). The third-order valence-corrected chi connectivity index (χ3v) is 8.25. The largest absolute Gasteiger partial charge is 0.488 e. The van der Waals surface area contributed by atoms with E-state index in [0.717, 1.165) is 25.4 Å². The van der Waals surface area contributed by atoms with Gasteiger partial charge in [-0.15, -0.1) is 0 Å². The number of carbonyl (C=O) groups is 3. The fraction of sp³-hybridized carbons (Fsp3) is 0.545. The summed E-state index contributed by atoms with van der Waals surface area (Å²) in [5.41, 5.74) is 7.90. The summed E-state index contributed by atoms with van der Waals surface area (Å²) in [6.45, 7) is 6.04. The Balaban J connectivity index is 1.32. The van der Waals surface area contributed by atoms with Crippen LogP contribution < -0.4 is 21.1 Å². The SMILES string of the molecule is C[C@H](CO)N1C[C@H](C)[C@H](CN(C)CC2CC2)Oc2ccc(NC(=O)CCCCCC(=O)Nc3ccccc3N)cc2C1=O. The number of benzene rings is 2. The van der Waals surface area contributed by atoms with Gasteiger partial charge in [-0.2, -0.15) is 0 Å². The van der Waals surface area contributed by atoms with Gasteiger partial charge in [0, 0.05) is 44.1 Å². The number of amides is 3. The predicted molar refractivity (Wildman–Crippen MR) is 169 cm³/mol. The molecule has 0 saturated heterocycles. The number of aliphatic hydroxyl groups is 1. The van der Waals surface area contributed by atoms with Crippen molar-refractivity contribution in [1.29, 1.82) is 0 Å². The minimum Gasteiger partial charge on any atom is -0.488 e. The number of unbranched alkanes of at least 4 members (excludes halogenated alkanes) is 2. The molecule has 0 aromatic heterocycles. The Kier molecular flexibility index (Phi) is 11.4. The maximum atomic E-state index is 13.7. The van der Waals surface area contributed by atoms with Gasteiger partial charge in [0.05, 0.1) is 29.6 Å². The van der Waals surface area contributed by atoms with Gasteiger partial charge in [0.1, 0.15) is 11.9 Å². The van der Waals surface area contributed by atoms with Crippen molar-refractivity contribution in [2.24, 2.45) is 11.8 Å². The maximum Gasteiger partial charge on any atom is 0.258 e. The Labute approximate surface area is 254 Å². The standard InChI is InChI=1S/C33H47N5O5/c1-22-18-38(23(2)21-39)33(42)26-17-25(15-16-29(26)43-30(22)20-37(3)19-24-13-14-24)35-31(40)11-5-4-6-12-32(41)36-28-10-8-7-9-27(28)34/h7-10,15-17,22-24,30,39H,4-6,11-14,18-21,34H2,1-3H3,(H,35,40)(H,36,41)/t22-,23+,30-/m0/s1. The van der Waals surface area contributed by atoms with Gasteiger partial charge in [0.25, 0.3) is 5.91 Å². The van der Waals surface area contributed by atoms with Crippen LogP contribution in [0.5, 0.6) is 5.75 Å². The number of fused-ring (bicyclic) bond motifs is 1. The van der Waals surface area contributed by atoms with E-state index in [0.29, 0.717) is 60.6 Å². The average Bonchev–Trinajstić information content (AvgIpc) is 3.79. The molecule has 2 aliphatic rings. The fourth-order valence-electron chi connectivity index (χ4n) is 5.44. The number of nitrogens with two attached hydrogens (primary N) is 1. The van der Waals surface area contributed by atoms with Gasteiger partial charge in [-0.1, -0.05) is 25.5 Å². The summed E-state index contributed by atoms with van der Waals surface area (Å²) in [6, 6.07) is 12.0. The van der Waals surface area contributed by atoms with Crippen LogP contribution in [0.2, 0.25) is 0 Å². The molecule has 3 amide bonds. The van der Waals surface area contributed by atoms with Crippen LogP contribution in [0, 0.1) is 11.8 Å². The van der Waals surface area contributed by atoms with Crippen molar-refractivity contribution in [3.63, 3.8) is 0 Å². The molecule has 1 saturated carbocycles. The van der Waals surface area contributed by atoms with E-state index in [4.69, 9.17) is 10.5 Å². The first kappa shape index (κ1) is 32.3. The zero-order chi connectivity index (χ0) is 30.9. The van der Waals surface area contributed by atoms with E-state index in [1.807, 2.05) is 19.1 Å². The van der Waals surface area contributed by atoms with E-state index in [1.165, 1.54) is 12.8 Å². The molecule has 3 atom stereocenters. The summed E-state index contributed by atoms with van der Waals surface area (Å²) in [5.74, 6) is 0.832. The van der Waals surface area contributed by atoms with Crippen LogP contribution in [-0.2, 0) is 9.59 Å². The number of hydrogen-bond donors (Lipinski definition) is 4. The number of nitrogen functional groups attached to an aromatic ring is 1. The number of hydrogen-bond acceptors (Lipinski definition) is 7. The molecule has 43 heavy (non-hydrogen) atoms. The van der Waals surface area contributed by atoms with Crippen molar-refractivity contribution in [1.82, 2.24) is 9.80 Å². The Morgan fingerprint density at radius 3 is 2.44 bits per heavy atom. The van der Waals surface area contributed by atoms with Crippen LogP contribution >= 0.6 is 0 Å². The highest BCUT2D eigenvalue weighted by Crippen LogP contribution is 2.32. The number of nitrogens with zero attached hydrogens (tertiary/aromatic N) is 2. The molecule has 1 aliphatic carbocycles. The number of rotatable bonds is 14. The molecule has 1 heterocycles. The first-order chi connectivity index (χ1) is 20.6. The van der Waals surface area contributed by atoms with E-state index in [9.17, 15) is 19.5 Å². The topological polar surface area (TPSA) is 137 Å². The van der Waals surface area contributed by atoms with E-state index < -0.39 is 0 Å². The zero-order valence-electron chi connectivity index (χ0n) is 25.7. The Morgan fingerprint density at radius 1 is 1.07 bits per heavy atom. The molecule has 234 valence electrons. The number of ether oxygens (including phenoxy) is 1. The van der Waals surface area contributed by atoms with Gasteiger partial charge >= 0.3 is 0 Å². The molecule has 1 aliphatic heterocycles. The lowest BCUT2D eigenvalue weighted by Gasteiger charge is -2.38. The number of nitrogens with one attached hydrogen (secondary N) is 2. The molecule has 2 aromatic rings. The van der Waals surface area contributed by atoms with Crippen LogP contribution in [0.3, 0.4) is 0 Å². The minimum absolute atomic E-state index is 0.0645. The molecule has 2 aromatic carbocycles. The summed E-state index contributed by atoms with van der Waals surface area (Å²) in [6.07, 6.45) is 5.10. The molecule has 1 fully saturated rings. The average molecular weight is 594 g/mol. The lowest BCUT2D eigenvalue weighted by molar-refractivity contribution is -0.116. The van der Waals surface area contributed by atoms with Crippen LogP contribution in [0.15, 0.2) is 42.5 Å². The highest BCUT2D eigenvalue weighted by Gasteiger charge is 2.34. The van der Waals surface area contributed by atoms with Gasteiger partial charge in [-0.05, 0) is 75.9 Å². The van der Waals surface area contributed by atoms with Gasteiger partial charge in [0.2, 0.25) is 11.8 Å². The summed E-state index contributed by atoms with van der Waals surface area (Å²) in [7, 11) is 2.11. The summed E-state index contributed by atoms with van der Waals surface area (Å²) in [4.78, 5) is 42.6. The van der Waals surface area contributed by atoms with Crippen molar-refractivity contribution in [3.8, 4) is 5.75 Å². The van der Waals surface area contributed by atoms with Gasteiger partial charge in [-0.3, -0.25) is 14.4 Å². The lowest BCUT2D eigenvalue weighted by Crippen LogP contribution is -2.50. The zero-order valence-corrected chi connectivity index (χ0v) is 25.7. The van der Waals surface area contributed by atoms with Gasteiger partial charge < -0.3 is 36.0 Å². The molecule has 5 N–H and O–H groups in total. The molecule has 10 heteroatoms. The number of carbonyl (C=O) groups excluding carboxylic acids is 3. The third-order valence-electron chi connectivity index (χ3n) is 8.25. The monoisotopic (exact) mass is 593 g/mol. The molecule has 0 unspecified atom stereocenters. The van der Waals surface area contributed by atoms with Crippen LogP contribution in [0.25, 0.3) is 0 Å². The van der Waals surface area contributed by atoms with Gasteiger partial charge in [-0.25, -0.2) is 0 Å². The fourth-order valence-corrected chi connectivity index (χ4v) is 5.44. The Hall–Kier alpha value is -3.63. The van der Waals surface area contributed by atoms with Crippen LogP contribution in [0.4, 0.5) is 17.1 Å². The van der Waals surface area contributed by atoms with E-state index >= 15 is 0 Å². The molecule has 10 nitrogen and oxygen atoms in total. The smallest absolute Gasteiger partial charge is 0.258 e. The summed E-state index contributed by atoms with van der Waals surface area (Å²) in [5, 5.41) is 15.6. The van der Waals surface area contributed by atoms with Crippen LogP contribution in [0.1, 0.15) is 69.2 Å². The predicted octanol–water partition coefficient (Wildman–Crippen LogP) is 4.36. The number of anilines is 3. The highest BCUT2D eigenvalue weighted by molar-refractivity contribution is 6.00. The molecule has 0 radical (unpaired) electrons. The third kappa shape index (κ3) is 9.43. The second-order valence-electron chi connectivity index (χ2n) is 12.2. The quantitative estimate of drug-likeness (QED) is 0.189. The van der Waals surface area contributed by atoms with Crippen molar-refractivity contribution in [2.45, 2.75) is 70.9 Å². The Bertz CT molecular complexity index is 1270. The number of likely N-dealkylation sites (N-methyl/N-ethyl adjacent to an activating group) is 1. The molecule has 0 spiro atoms. The van der Waals surface area contributed by atoms with Crippen molar-refractivity contribution < 1.29 is 24.2 Å². The number of aliphatic hydroxyl groups excluding tert-OH is 1. The summed E-state index contributed by atoms with van der Waals surface area (Å²) < 4.78 is 6.47. The second kappa shape index (κ2) is 15.2. The lowest BCUT2D eigenvalue weighted by atomic mass is 9.99. The summed E-state index contributed by atoms with van der Waals surface area (Å²) >= 11 is 0.